The average Bonchev–Trinajstić information content (AvgIpc) is 3.38. The van der Waals surface area contributed by atoms with Gasteiger partial charge < -0.3 is 20.1 Å². The zero-order valence-electron chi connectivity index (χ0n) is 21.2. The number of amides is 1. The van der Waals surface area contributed by atoms with Crippen LogP contribution in [0.4, 0.5) is 5.69 Å². The van der Waals surface area contributed by atoms with E-state index in [0.29, 0.717) is 18.1 Å². The molecule has 1 amide bonds. The Hall–Kier alpha value is -4.04. The lowest BCUT2D eigenvalue weighted by molar-refractivity contribution is -0.116. The Morgan fingerprint density at radius 2 is 1.78 bits per heavy atom. The number of anilines is 1. The lowest BCUT2D eigenvalue weighted by Crippen LogP contribution is -2.32. The molecule has 0 spiro atoms. The van der Waals surface area contributed by atoms with Gasteiger partial charge in [-0.1, -0.05) is 24.3 Å². The number of carbonyl (C=O) groups excluding carboxylic acids is 1. The maximum absolute atomic E-state index is 12.9. The number of thiocarbonyl (C=S) groups is 1. The molecule has 188 valence electrons. The largest absolute Gasteiger partial charge is 0.352 e. The maximum atomic E-state index is 12.9. The van der Waals surface area contributed by atoms with E-state index in [0.717, 1.165) is 39.7 Å². The van der Waals surface area contributed by atoms with Gasteiger partial charge >= 0.3 is 0 Å². The first-order valence-electron chi connectivity index (χ1n) is 12.4. The van der Waals surface area contributed by atoms with Gasteiger partial charge in [0, 0.05) is 42.4 Å². The molecule has 0 saturated carbocycles. The normalized spacial score (nSPS) is 17.1. The number of aromatic nitrogens is 3. The third kappa shape index (κ3) is 5.11. The van der Waals surface area contributed by atoms with Crippen molar-refractivity contribution in [1.29, 1.82) is 0 Å². The summed E-state index contributed by atoms with van der Waals surface area (Å²) in [4.78, 5) is 24.2. The maximum Gasteiger partial charge on any atom is 0.226 e. The number of hydrogen-bond acceptors (Lipinski definition) is 4. The molecule has 0 unspecified atom stereocenters. The summed E-state index contributed by atoms with van der Waals surface area (Å²) in [5.41, 5.74) is 6.11. The number of nitrogens with one attached hydrogen (secondary N) is 2. The molecule has 0 radical (unpaired) electrons. The van der Waals surface area contributed by atoms with Gasteiger partial charge in [0.1, 0.15) is 5.82 Å². The lowest BCUT2D eigenvalue weighted by atomic mass is 9.96. The molecule has 0 bridgehead atoms. The van der Waals surface area contributed by atoms with Crippen LogP contribution in [0.2, 0.25) is 0 Å². The van der Waals surface area contributed by atoms with Gasteiger partial charge in [-0.25, -0.2) is 4.98 Å². The summed E-state index contributed by atoms with van der Waals surface area (Å²) in [6.45, 7) is 6.68. The van der Waals surface area contributed by atoms with Gasteiger partial charge in [0.05, 0.1) is 17.8 Å². The molecule has 1 fully saturated rings. The van der Waals surface area contributed by atoms with Crippen LogP contribution in [0.25, 0.3) is 5.82 Å². The standard InChI is InChI=1S/C29H30N6OS/c1-19-9-8-10-22(17-19)32-26(36)13-16-34-28(27(33-29(34)37)24-11-4-6-14-30-24)23-18-20(2)35(21(23)3)25-12-5-7-15-31-25/h4-12,14-15,17-18,27-28H,13,16H2,1-3H3,(H,32,36)(H,33,37)/t27-,28+/m0/s1. The molecule has 3 aromatic heterocycles. The molecule has 4 aromatic rings. The van der Waals surface area contributed by atoms with Gasteiger partial charge in [0.15, 0.2) is 5.11 Å². The molecule has 5 rings (SSSR count). The van der Waals surface area contributed by atoms with Crippen LogP contribution in [-0.4, -0.2) is 37.0 Å². The Kier molecular flexibility index (Phi) is 7.01. The molecule has 1 saturated heterocycles. The monoisotopic (exact) mass is 510 g/mol. The summed E-state index contributed by atoms with van der Waals surface area (Å²) in [7, 11) is 0. The fourth-order valence-electron chi connectivity index (χ4n) is 5.08. The summed E-state index contributed by atoms with van der Waals surface area (Å²) in [6.07, 6.45) is 3.91. The van der Waals surface area contributed by atoms with Gasteiger partial charge in [0.25, 0.3) is 0 Å². The number of nitrogens with zero attached hydrogens (tertiary/aromatic N) is 4. The van der Waals surface area contributed by atoms with Gasteiger partial charge in [0.2, 0.25) is 5.91 Å². The van der Waals surface area contributed by atoms with E-state index >= 15 is 0 Å². The zero-order chi connectivity index (χ0) is 25.9. The van der Waals surface area contributed by atoms with E-state index in [1.165, 1.54) is 0 Å². The van der Waals surface area contributed by atoms with Gasteiger partial charge in [-0.05, 0) is 86.6 Å². The summed E-state index contributed by atoms with van der Waals surface area (Å²) >= 11 is 5.81. The van der Waals surface area contributed by atoms with E-state index in [4.69, 9.17) is 12.2 Å². The minimum Gasteiger partial charge on any atom is -0.352 e. The Morgan fingerprint density at radius 3 is 2.49 bits per heavy atom. The second-order valence-corrected chi connectivity index (χ2v) is 9.72. The van der Waals surface area contributed by atoms with E-state index in [9.17, 15) is 4.79 Å². The van der Waals surface area contributed by atoms with Crippen LogP contribution < -0.4 is 10.6 Å². The van der Waals surface area contributed by atoms with Crippen molar-refractivity contribution in [2.45, 2.75) is 39.3 Å². The number of pyridine rings is 2. The molecule has 2 atom stereocenters. The smallest absolute Gasteiger partial charge is 0.226 e. The molecule has 1 aliphatic heterocycles. The Labute approximate surface area is 222 Å². The minimum absolute atomic E-state index is 0.0487. The van der Waals surface area contributed by atoms with Crippen molar-refractivity contribution in [1.82, 2.24) is 24.8 Å². The van der Waals surface area contributed by atoms with Crippen molar-refractivity contribution in [2.75, 3.05) is 11.9 Å². The number of benzene rings is 1. The molecule has 1 aromatic carbocycles. The van der Waals surface area contributed by atoms with E-state index in [1.54, 1.807) is 12.4 Å². The van der Waals surface area contributed by atoms with Crippen molar-refractivity contribution >= 4 is 28.9 Å². The van der Waals surface area contributed by atoms with Gasteiger partial charge in [-0.3, -0.25) is 9.78 Å². The van der Waals surface area contributed by atoms with Gasteiger partial charge in [-0.2, -0.15) is 0 Å². The number of rotatable bonds is 7. The van der Waals surface area contributed by atoms with E-state index in [-0.39, 0.29) is 18.0 Å². The van der Waals surface area contributed by atoms with E-state index < -0.39 is 0 Å². The Bertz CT molecular complexity index is 1420. The third-order valence-corrected chi connectivity index (χ3v) is 7.10. The zero-order valence-corrected chi connectivity index (χ0v) is 22.0. The average molecular weight is 511 g/mol. The van der Waals surface area contributed by atoms with Crippen molar-refractivity contribution in [3.05, 3.63) is 107 Å². The summed E-state index contributed by atoms with van der Waals surface area (Å²) < 4.78 is 2.16. The van der Waals surface area contributed by atoms with Crippen LogP contribution in [0.5, 0.6) is 0 Å². The quantitative estimate of drug-likeness (QED) is 0.333. The highest BCUT2D eigenvalue weighted by atomic mass is 32.1. The lowest BCUT2D eigenvalue weighted by Gasteiger charge is -2.28. The van der Waals surface area contributed by atoms with Crippen LogP contribution in [0.3, 0.4) is 0 Å². The molecular formula is C29H30N6OS. The predicted octanol–water partition coefficient (Wildman–Crippen LogP) is 5.19. The highest BCUT2D eigenvalue weighted by Crippen LogP contribution is 2.41. The van der Waals surface area contributed by atoms with E-state index in [1.807, 2.05) is 67.6 Å². The third-order valence-electron chi connectivity index (χ3n) is 6.75. The molecule has 1 aliphatic rings. The molecule has 2 N–H and O–H groups in total. The first kappa shape index (κ1) is 24.6. The first-order valence-corrected chi connectivity index (χ1v) is 12.8. The fraction of sp³-hybridized carbons (Fsp3) is 0.241. The molecular weight excluding hydrogens is 480 g/mol. The van der Waals surface area contributed by atoms with Crippen molar-refractivity contribution < 1.29 is 4.79 Å². The minimum atomic E-state index is -0.147. The second-order valence-electron chi connectivity index (χ2n) is 9.34. The number of hydrogen-bond donors (Lipinski definition) is 2. The SMILES string of the molecule is Cc1cccc(NC(=O)CCN2C(=S)N[C@@H](c3ccccn3)[C@H]2c2cc(C)n(-c3ccccn3)c2C)c1. The number of aryl methyl sites for hydroxylation is 2. The molecule has 8 heteroatoms. The fourth-order valence-corrected chi connectivity index (χ4v) is 5.41. The van der Waals surface area contributed by atoms with Crippen molar-refractivity contribution in [3.63, 3.8) is 0 Å². The second kappa shape index (κ2) is 10.5. The highest BCUT2D eigenvalue weighted by molar-refractivity contribution is 7.80. The van der Waals surface area contributed by atoms with E-state index in [2.05, 4.69) is 50.0 Å². The van der Waals surface area contributed by atoms with Crippen LogP contribution in [-0.2, 0) is 4.79 Å². The summed E-state index contributed by atoms with van der Waals surface area (Å²) in [5.74, 6) is 0.822. The Morgan fingerprint density at radius 1 is 1.00 bits per heavy atom. The summed E-state index contributed by atoms with van der Waals surface area (Å²) in [6, 6.07) is 21.6. The first-order chi connectivity index (χ1) is 17.9. The van der Waals surface area contributed by atoms with Crippen molar-refractivity contribution in [3.8, 4) is 5.82 Å². The molecule has 7 nitrogen and oxygen atoms in total. The Balaban J connectivity index is 1.46. The van der Waals surface area contributed by atoms with Crippen LogP contribution in [0, 0.1) is 20.8 Å². The molecule has 37 heavy (non-hydrogen) atoms. The van der Waals surface area contributed by atoms with Crippen LogP contribution in [0.1, 0.15) is 46.7 Å². The van der Waals surface area contributed by atoms with Crippen LogP contribution in [0.15, 0.2) is 79.1 Å². The van der Waals surface area contributed by atoms with Crippen molar-refractivity contribution in [2.24, 2.45) is 0 Å². The topological polar surface area (TPSA) is 75.1 Å². The predicted molar refractivity (Wildman–Crippen MR) is 150 cm³/mol. The molecule has 4 heterocycles. The summed E-state index contributed by atoms with van der Waals surface area (Å²) in [5, 5.41) is 7.11. The highest BCUT2D eigenvalue weighted by Gasteiger charge is 2.41. The van der Waals surface area contributed by atoms with Crippen LogP contribution >= 0.6 is 12.2 Å². The number of carbonyl (C=O) groups is 1. The van der Waals surface area contributed by atoms with Gasteiger partial charge in [-0.15, -0.1) is 0 Å². The molecule has 0 aliphatic carbocycles.